The van der Waals surface area contributed by atoms with Gasteiger partial charge in [0.15, 0.2) is 0 Å². The minimum Gasteiger partial charge on any atom is -0.382 e. The molecule has 0 radical (unpaired) electrons. The Morgan fingerprint density at radius 2 is 2.20 bits per heavy atom. The van der Waals surface area contributed by atoms with Crippen molar-refractivity contribution in [1.82, 2.24) is 0 Å². The van der Waals surface area contributed by atoms with Crippen LogP contribution in [0.25, 0.3) is 0 Å². The molecule has 0 aliphatic heterocycles. The number of halogens is 1. The van der Waals surface area contributed by atoms with Crippen LogP contribution in [0.1, 0.15) is 24.2 Å². The Kier molecular flexibility index (Phi) is 3.66. The molecule has 15 heavy (non-hydrogen) atoms. The third kappa shape index (κ3) is 2.94. The number of carbonyl (C=O) groups excluding carboxylic acids is 1. The predicted molar refractivity (Wildman–Crippen MR) is 58.2 cm³/mol. The standard InChI is InChI=1S/C11H15FN2O/c1-7(2)6-14-10-8(11(13)15)4-3-5-9(10)12/h3-5,7,14H,6H2,1-2H3,(H2,13,15). The van der Waals surface area contributed by atoms with Crippen molar-refractivity contribution >= 4 is 11.6 Å². The second-order valence-corrected chi connectivity index (χ2v) is 3.80. The van der Waals surface area contributed by atoms with Crippen molar-refractivity contribution in [2.45, 2.75) is 13.8 Å². The third-order valence-corrected chi connectivity index (χ3v) is 1.97. The molecule has 3 nitrogen and oxygen atoms in total. The van der Waals surface area contributed by atoms with Crippen molar-refractivity contribution in [3.63, 3.8) is 0 Å². The van der Waals surface area contributed by atoms with E-state index in [1.54, 1.807) is 0 Å². The van der Waals surface area contributed by atoms with Crippen LogP contribution in [0.5, 0.6) is 0 Å². The molecule has 0 saturated carbocycles. The van der Waals surface area contributed by atoms with E-state index in [9.17, 15) is 9.18 Å². The van der Waals surface area contributed by atoms with Gasteiger partial charge in [0, 0.05) is 6.54 Å². The molecule has 1 aromatic rings. The molecule has 0 bridgehead atoms. The van der Waals surface area contributed by atoms with Crippen LogP contribution in [-0.4, -0.2) is 12.5 Å². The van der Waals surface area contributed by atoms with E-state index in [1.165, 1.54) is 18.2 Å². The van der Waals surface area contributed by atoms with Crippen LogP contribution in [0.4, 0.5) is 10.1 Å². The Morgan fingerprint density at radius 3 is 2.73 bits per heavy atom. The van der Waals surface area contributed by atoms with Gasteiger partial charge in [0.25, 0.3) is 5.91 Å². The first-order valence-electron chi connectivity index (χ1n) is 4.84. The highest BCUT2D eigenvalue weighted by Gasteiger charge is 2.12. The maximum absolute atomic E-state index is 13.4. The molecule has 0 fully saturated rings. The number of nitrogens with one attached hydrogen (secondary N) is 1. The molecule has 0 atom stereocenters. The smallest absolute Gasteiger partial charge is 0.250 e. The van der Waals surface area contributed by atoms with Gasteiger partial charge in [-0.15, -0.1) is 0 Å². The fourth-order valence-corrected chi connectivity index (χ4v) is 1.22. The number of amides is 1. The summed E-state index contributed by atoms with van der Waals surface area (Å²) in [5.74, 6) is -0.710. The molecular formula is C11H15FN2O. The van der Waals surface area contributed by atoms with E-state index >= 15 is 0 Å². The van der Waals surface area contributed by atoms with Crippen LogP contribution >= 0.6 is 0 Å². The lowest BCUT2D eigenvalue weighted by atomic mass is 10.1. The summed E-state index contributed by atoms with van der Waals surface area (Å²) < 4.78 is 13.4. The Bertz CT molecular complexity index is 364. The van der Waals surface area contributed by atoms with Crippen LogP contribution in [-0.2, 0) is 0 Å². The van der Waals surface area contributed by atoms with E-state index in [4.69, 9.17) is 5.73 Å². The predicted octanol–water partition coefficient (Wildman–Crippen LogP) is 1.99. The summed E-state index contributed by atoms with van der Waals surface area (Å²) in [6, 6.07) is 4.28. The number of para-hydroxylation sites is 1. The van der Waals surface area contributed by atoms with Crippen molar-refractivity contribution in [3.8, 4) is 0 Å². The first kappa shape index (κ1) is 11.5. The average Bonchev–Trinajstić information content (AvgIpc) is 2.15. The molecule has 1 rings (SSSR count). The summed E-state index contributed by atoms with van der Waals surface area (Å²) in [6.07, 6.45) is 0. The maximum Gasteiger partial charge on any atom is 0.250 e. The molecule has 0 unspecified atom stereocenters. The first-order valence-corrected chi connectivity index (χ1v) is 4.84. The van der Waals surface area contributed by atoms with Crippen LogP contribution in [0.3, 0.4) is 0 Å². The van der Waals surface area contributed by atoms with Gasteiger partial charge in [0.1, 0.15) is 5.82 Å². The number of nitrogens with two attached hydrogens (primary N) is 1. The average molecular weight is 210 g/mol. The molecular weight excluding hydrogens is 195 g/mol. The Hall–Kier alpha value is -1.58. The van der Waals surface area contributed by atoms with Crippen LogP contribution in [0.2, 0.25) is 0 Å². The van der Waals surface area contributed by atoms with Crippen molar-refractivity contribution in [1.29, 1.82) is 0 Å². The highest BCUT2D eigenvalue weighted by Crippen LogP contribution is 2.19. The SMILES string of the molecule is CC(C)CNc1c(F)cccc1C(N)=O. The van der Waals surface area contributed by atoms with Crippen LogP contribution in [0.15, 0.2) is 18.2 Å². The van der Waals surface area contributed by atoms with Crippen LogP contribution in [0, 0.1) is 11.7 Å². The molecule has 4 heteroatoms. The monoisotopic (exact) mass is 210 g/mol. The topological polar surface area (TPSA) is 55.1 Å². The van der Waals surface area contributed by atoms with Crippen molar-refractivity contribution in [2.24, 2.45) is 11.7 Å². The zero-order valence-corrected chi connectivity index (χ0v) is 8.88. The molecule has 0 saturated heterocycles. The number of hydrogen-bond acceptors (Lipinski definition) is 2. The Balaban J connectivity index is 2.97. The molecule has 1 amide bonds. The fraction of sp³-hybridized carbons (Fsp3) is 0.364. The first-order chi connectivity index (χ1) is 7.02. The largest absolute Gasteiger partial charge is 0.382 e. The minimum atomic E-state index is -0.624. The van der Waals surface area contributed by atoms with E-state index in [0.717, 1.165) is 0 Å². The second kappa shape index (κ2) is 4.77. The van der Waals surface area contributed by atoms with Gasteiger partial charge in [0.05, 0.1) is 11.3 Å². The van der Waals surface area contributed by atoms with E-state index < -0.39 is 11.7 Å². The van der Waals surface area contributed by atoms with E-state index in [2.05, 4.69) is 5.32 Å². The molecule has 3 N–H and O–H groups in total. The minimum absolute atomic E-state index is 0.190. The second-order valence-electron chi connectivity index (χ2n) is 3.80. The molecule has 0 aromatic heterocycles. The highest BCUT2D eigenvalue weighted by atomic mass is 19.1. The van der Waals surface area contributed by atoms with Gasteiger partial charge in [-0.2, -0.15) is 0 Å². The molecule has 82 valence electrons. The van der Waals surface area contributed by atoms with Crippen molar-refractivity contribution in [2.75, 3.05) is 11.9 Å². The summed E-state index contributed by atoms with van der Waals surface area (Å²) in [5, 5.41) is 2.89. The summed E-state index contributed by atoms with van der Waals surface area (Å²) in [5.41, 5.74) is 5.53. The Labute approximate surface area is 88.5 Å². The number of rotatable bonds is 4. The quantitative estimate of drug-likeness (QED) is 0.798. The van der Waals surface area contributed by atoms with Gasteiger partial charge in [0.2, 0.25) is 0 Å². The normalized spacial score (nSPS) is 10.4. The molecule has 0 heterocycles. The van der Waals surface area contributed by atoms with Gasteiger partial charge < -0.3 is 11.1 Å². The van der Waals surface area contributed by atoms with Gasteiger partial charge >= 0.3 is 0 Å². The molecule has 0 aliphatic carbocycles. The molecule has 1 aromatic carbocycles. The van der Waals surface area contributed by atoms with Crippen molar-refractivity contribution in [3.05, 3.63) is 29.6 Å². The molecule has 0 spiro atoms. The highest BCUT2D eigenvalue weighted by molar-refractivity contribution is 5.98. The number of carbonyl (C=O) groups is 1. The van der Waals surface area contributed by atoms with Gasteiger partial charge in [-0.1, -0.05) is 19.9 Å². The maximum atomic E-state index is 13.4. The number of anilines is 1. The lowest BCUT2D eigenvalue weighted by Crippen LogP contribution is -2.17. The fourth-order valence-electron chi connectivity index (χ4n) is 1.22. The lowest BCUT2D eigenvalue weighted by Gasteiger charge is -2.12. The molecule has 0 aliphatic rings. The Morgan fingerprint density at radius 1 is 1.53 bits per heavy atom. The van der Waals surface area contributed by atoms with Gasteiger partial charge in [-0.05, 0) is 18.1 Å². The number of benzene rings is 1. The number of hydrogen-bond donors (Lipinski definition) is 2. The van der Waals surface area contributed by atoms with E-state index in [1.807, 2.05) is 13.8 Å². The van der Waals surface area contributed by atoms with Gasteiger partial charge in [-0.25, -0.2) is 4.39 Å². The summed E-state index contributed by atoms with van der Waals surface area (Å²) >= 11 is 0. The lowest BCUT2D eigenvalue weighted by molar-refractivity contribution is 0.100. The van der Waals surface area contributed by atoms with E-state index in [0.29, 0.717) is 12.5 Å². The summed E-state index contributed by atoms with van der Waals surface area (Å²) in [4.78, 5) is 11.0. The third-order valence-electron chi connectivity index (χ3n) is 1.97. The number of primary amides is 1. The zero-order chi connectivity index (χ0) is 11.4. The summed E-state index contributed by atoms with van der Waals surface area (Å²) in [7, 11) is 0. The summed E-state index contributed by atoms with van der Waals surface area (Å²) in [6.45, 7) is 4.59. The van der Waals surface area contributed by atoms with E-state index in [-0.39, 0.29) is 11.3 Å². The zero-order valence-electron chi connectivity index (χ0n) is 8.88. The van der Waals surface area contributed by atoms with Gasteiger partial charge in [-0.3, -0.25) is 4.79 Å². The van der Waals surface area contributed by atoms with Crippen molar-refractivity contribution < 1.29 is 9.18 Å². The van der Waals surface area contributed by atoms with Crippen LogP contribution < -0.4 is 11.1 Å².